The summed E-state index contributed by atoms with van der Waals surface area (Å²) in [6, 6.07) is 18.6. The number of nitrogens with one attached hydrogen (secondary N) is 1. The molecule has 0 radical (unpaired) electrons. The van der Waals surface area contributed by atoms with Crippen LogP contribution in [-0.4, -0.2) is 33.3 Å². The lowest BCUT2D eigenvalue weighted by molar-refractivity contribution is -0.932. The summed E-state index contributed by atoms with van der Waals surface area (Å²) in [5.74, 6) is 1.71. The molecule has 27 heavy (non-hydrogen) atoms. The van der Waals surface area contributed by atoms with Gasteiger partial charge >= 0.3 is 0 Å². The maximum atomic E-state index is 6.13. The molecule has 1 aliphatic rings. The van der Waals surface area contributed by atoms with Gasteiger partial charge in [0, 0.05) is 10.6 Å². The Morgan fingerprint density at radius 1 is 1.07 bits per heavy atom. The Bertz CT molecular complexity index is 854. The first-order valence-electron chi connectivity index (χ1n) is 9.61. The molecule has 1 N–H and O–H groups in total. The average Bonchev–Trinajstić information content (AvgIpc) is 3.13. The Morgan fingerprint density at radius 3 is 2.48 bits per heavy atom. The fourth-order valence-electron chi connectivity index (χ4n) is 3.93. The van der Waals surface area contributed by atoms with E-state index >= 15 is 0 Å². The van der Waals surface area contributed by atoms with Crippen molar-refractivity contribution < 1.29 is 4.90 Å². The first-order valence-corrected chi connectivity index (χ1v) is 9.98. The summed E-state index contributed by atoms with van der Waals surface area (Å²) in [6.07, 6.45) is 2.47. The van der Waals surface area contributed by atoms with E-state index in [2.05, 4.69) is 46.7 Å². The fourth-order valence-corrected chi connectivity index (χ4v) is 4.06. The van der Waals surface area contributed by atoms with Crippen molar-refractivity contribution in [2.24, 2.45) is 5.92 Å². The number of nitrogens with zero attached hydrogens (tertiary/aromatic N) is 4. The van der Waals surface area contributed by atoms with Gasteiger partial charge < -0.3 is 4.90 Å². The van der Waals surface area contributed by atoms with Gasteiger partial charge in [-0.2, -0.15) is 0 Å². The standard InChI is InChI=1S/C21H24ClN5/c1-16-11-13-26(14-12-16)20(18-7-9-19(22)10-8-18)21-23-24-25-27(21)15-17-5-3-2-4-6-17/h2-10,16,20H,11-15H2,1H3/p+1/t20-/m1/s1. The van der Waals surface area contributed by atoms with Gasteiger partial charge in [0.1, 0.15) is 0 Å². The van der Waals surface area contributed by atoms with Crippen LogP contribution in [0.5, 0.6) is 0 Å². The molecule has 140 valence electrons. The summed E-state index contributed by atoms with van der Waals surface area (Å²) < 4.78 is 1.94. The van der Waals surface area contributed by atoms with Crippen LogP contribution in [0, 0.1) is 5.92 Å². The number of tetrazole rings is 1. The number of aromatic nitrogens is 4. The van der Waals surface area contributed by atoms with Crippen molar-refractivity contribution in [3.05, 3.63) is 76.6 Å². The van der Waals surface area contributed by atoms with Crippen molar-refractivity contribution in [1.82, 2.24) is 20.2 Å². The number of halogens is 1. The smallest absolute Gasteiger partial charge is 0.214 e. The quantitative estimate of drug-likeness (QED) is 0.738. The Labute approximate surface area is 165 Å². The third-order valence-corrected chi connectivity index (χ3v) is 5.77. The fraction of sp³-hybridized carbons (Fsp3) is 0.381. The molecular weight excluding hydrogens is 358 g/mol. The molecule has 1 aromatic heterocycles. The molecule has 6 heteroatoms. The minimum absolute atomic E-state index is 0.119. The average molecular weight is 383 g/mol. The van der Waals surface area contributed by atoms with Crippen LogP contribution >= 0.6 is 11.6 Å². The zero-order valence-corrected chi connectivity index (χ0v) is 16.3. The molecule has 1 aliphatic heterocycles. The highest BCUT2D eigenvalue weighted by Gasteiger charge is 2.33. The molecule has 2 heterocycles. The predicted octanol–water partition coefficient (Wildman–Crippen LogP) is 2.78. The van der Waals surface area contributed by atoms with Crippen molar-refractivity contribution in [3.63, 3.8) is 0 Å². The van der Waals surface area contributed by atoms with Crippen LogP contribution < -0.4 is 4.90 Å². The lowest BCUT2D eigenvalue weighted by atomic mass is 9.95. The number of benzene rings is 2. The summed E-state index contributed by atoms with van der Waals surface area (Å²) in [6.45, 7) is 5.28. The molecule has 0 bridgehead atoms. The highest BCUT2D eigenvalue weighted by Crippen LogP contribution is 2.21. The van der Waals surface area contributed by atoms with Gasteiger partial charge in [-0.3, -0.25) is 0 Å². The van der Waals surface area contributed by atoms with E-state index in [4.69, 9.17) is 11.6 Å². The summed E-state index contributed by atoms with van der Waals surface area (Å²) in [5.41, 5.74) is 2.41. The molecular formula is C21H25ClN5+. The van der Waals surface area contributed by atoms with E-state index in [-0.39, 0.29) is 6.04 Å². The van der Waals surface area contributed by atoms with Gasteiger partial charge in [-0.15, -0.1) is 5.10 Å². The number of likely N-dealkylation sites (tertiary alicyclic amines) is 1. The molecule has 0 saturated carbocycles. The largest absolute Gasteiger partial charge is 0.322 e. The van der Waals surface area contributed by atoms with Gasteiger partial charge in [0.15, 0.2) is 6.04 Å². The van der Waals surface area contributed by atoms with Crippen LogP contribution in [0.25, 0.3) is 0 Å². The van der Waals surface area contributed by atoms with Crippen molar-refractivity contribution >= 4 is 11.6 Å². The van der Waals surface area contributed by atoms with Gasteiger partial charge in [0.05, 0.1) is 19.6 Å². The van der Waals surface area contributed by atoms with Crippen LogP contribution in [0.4, 0.5) is 0 Å². The number of rotatable bonds is 5. The van der Waals surface area contributed by atoms with Crippen molar-refractivity contribution in [3.8, 4) is 0 Å². The molecule has 4 rings (SSSR count). The first kappa shape index (κ1) is 18.1. The Hall–Kier alpha value is -2.24. The second-order valence-electron chi connectivity index (χ2n) is 7.51. The maximum absolute atomic E-state index is 6.13. The highest BCUT2D eigenvalue weighted by molar-refractivity contribution is 6.30. The topological polar surface area (TPSA) is 48.0 Å². The minimum Gasteiger partial charge on any atom is -0.322 e. The van der Waals surface area contributed by atoms with E-state index in [1.807, 2.05) is 35.0 Å². The first-order chi connectivity index (χ1) is 13.2. The van der Waals surface area contributed by atoms with Gasteiger partial charge in [0.2, 0.25) is 5.82 Å². The molecule has 2 aromatic carbocycles. The van der Waals surface area contributed by atoms with Crippen LogP contribution in [0.2, 0.25) is 5.02 Å². The summed E-state index contributed by atoms with van der Waals surface area (Å²) >= 11 is 6.13. The Kier molecular flexibility index (Phi) is 5.50. The van der Waals surface area contributed by atoms with E-state index in [1.165, 1.54) is 28.9 Å². The van der Waals surface area contributed by atoms with E-state index in [1.54, 1.807) is 0 Å². The van der Waals surface area contributed by atoms with Crippen molar-refractivity contribution in [2.45, 2.75) is 32.4 Å². The van der Waals surface area contributed by atoms with Gasteiger partial charge in [0.25, 0.3) is 0 Å². The van der Waals surface area contributed by atoms with Gasteiger partial charge in [-0.25, -0.2) is 4.68 Å². The van der Waals surface area contributed by atoms with Crippen molar-refractivity contribution in [1.29, 1.82) is 0 Å². The molecule has 5 nitrogen and oxygen atoms in total. The lowest BCUT2D eigenvalue weighted by Gasteiger charge is -2.33. The summed E-state index contributed by atoms with van der Waals surface area (Å²) in [5, 5.41) is 13.5. The van der Waals surface area contributed by atoms with Crippen molar-refractivity contribution in [2.75, 3.05) is 13.1 Å². The minimum atomic E-state index is 0.119. The Morgan fingerprint density at radius 2 is 1.78 bits per heavy atom. The zero-order valence-electron chi connectivity index (χ0n) is 15.6. The molecule has 0 aliphatic carbocycles. The second kappa shape index (κ2) is 8.19. The number of quaternary nitrogens is 1. The van der Waals surface area contributed by atoms with E-state index in [0.29, 0.717) is 6.54 Å². The van der Waals surface area contributed by atoms with Crippen LogP contribution in [0.15, 0.2) is 54.6 Å². The monoisotopic (exact) mass is 382 g/mol. The predicted molar refractivity (Wildman–Crippen MR) is 106 cm³/mol. The van der Waals surface area contributed by atoms with E-state index in [9.17, 15) is 0 Å². The molecule has 3 aromatic rings. The normalized spacial score (nSPS) is 21.1. The molecule has 0 amide bonds. The summed E-state index contributed by atoms with van der Waals surface area (Å²) in [4.78, 5) is 1.53. The number of hydrogen-bond acceptors (Lipinski definition) is 3. The Balaban J connectivity index is 1.69. The highest BCUT2D eigenvalue weighted by atomic mass is 35.5. The molecule has 1 atom stereocenters. The van der Waals surface area contributed by atoms with E-state index < -0.39 is 0 Å². The van der Waals surface area contributed by atoms with Crippen LogP contribution in [0.1, 0.15) is 42.8 Å². The molecule has 0 spiro atoms. The molecule has 1 fully saturated rings. The third kappa shape index (κ3) is 4.20. The van der Waals surface area contributed by atoms with Crippen LogP contribution in [-0.2, 0) is 6.54 Å². The second-order valence-corrected chi connectivity index (χ2v) is 7.94. The molecule has 1 saturated heterocycles. The van der Waals surface area contributed by atoms with Gasteiger partial charge in [-0.05, 0) is 46.9 Å². The summed E-state index contributed by atoms with van der Waals surface area (Å²) in [7, 11) is 0. The van der Waals surface area contributed by atoms with E-state index in [0.717, 1.165) is 29.9 Å². The zero-order chi connectivity index (χ0) is 18.6. The SMILES string of the molecule is CC1CC[NH+]([C@H](c2ccc(Cl)cc2)c2nnnn2Cc2ccccc2)CC1. The van der Waals surface area contributed by atoms with Crippen LogP contribution in [0.3, 0.4) is 0 Å². The molecule has 0 unspecified atom stereocenters. The maximum Gasteiger partial charge on any atom is 0.214 e. The number of piperidine rings is 1. The lowest BCUT2D eigenvalue weighted by Crippen LogP contribution is -3.13. The van der Waals surface area contributed by atoms with Gasteiger partial charge in [-0.1, -0.05) is 61.0 Å². The third-order valence-electron chi connectivity index (χ3n) is 5.52. The number of hydrogen-bond donors (Lipinski definition) is 1.